The fourth-order valence-electron chi connectivity index (χ4n) is 5.45. The molecule has 1 aromatic heterocycles. The molecule has 3 aliphatic rings. The maximum Gasteiger partial charge on any atom is 0.255 e. The van der Waals surface area contributed by atoms with E-state index in [1.807, 2.05) is 16.7 Å². The molecule has 31 heavy (non-hydrogen) atoms. The van der Waals surface area contributed by atoms with Crippen LogP contribution in [0.5, 0.6) is 0 Å². The first-order valence-electron chi connectivity index (χ1n) is 11.2. The fourth-order valence-corrected chi connectivity index (χ4v) is 5.45. The molecule has 0 spiro atoms. The number of carbonyl (C=O) groups excluding carboxylic acids is 1. The molecule has 2 bridgehead atoms. The number of halogens is 1. The highest BCUT2D eigenvalue weighted by Crippen LogP contribution is 2.35. The highest BCUT2D eigenvalue weighted by Gasteiger charge is 2.35. The van der Waals surface area contributed by atoms with Crippen molar-refractivity contribution in [2.24, 2.45) is 5.92 Å². The van der Waals surface area contributed by atoms with Gasteiger partial charge in [-0.3, -0.25) is 19.4 Å². The Morgan fingerprint density at radius 3 is 2.77 bits per heavy atom. The van der Waals surface area contributed by atoms with Gasteiger partial charge in [0.15, 0.2) is 0 Å². The maximum absolute atomic E-state index is 13.6. The van der Waals surface area contributed by atoms with Gasteiger partial charge in [0, 0.05) is 76.0 Å². The van der Waals surface area contributed by atoms with E-state index >= 15 is 0 Å². The Balaban J connectivity index is 1.32. The van der Waals surface area contributed by atoms with Crippen molar-refractivity contribution in [3.8, 4) is 0 Å². The number of carbonyl (C=O) groups is 1. The lowest BCUT2D eigenvalue weighted by atomic mass is 9.82. The van der Waals surface area contributed by atoms with Crippen LogP contribution in [0.3, 0.4) is 0 Å². The summed E-state index contributed by atoms with van der Waals surface area (Å²) in [5.74, 6) is 0.666. The van der Waals surface area contributed by atoms with Crippen molar-refractivity contribution in [1.29, 1.82) is 0 Å². The van der Waals surface area contributed by atoms with Gasteiger partial charge in [-0.25, -0.2) is 4.39 Å². The van der Waals surface area contributed by atoms with Crippen LogP contribution in [-0.4, -0.2) is 53.0 Å². The van der Waals surface area contributed by atoms with E-state index < -0.39 is 0 Å². The second kappa shape index (κ2) is 8.55. The van der Waals surface area contributed by atoms with E-state index in [0.717, 1.165) is 56.0 Å². The Kier molecular flexibility index (Phi) is 5.63. The zero-order valence-electron chi connectivity index (χ0n) is 17.7. The summed E-state index contributed by atoms with van der Waals surface area (Å²) in [4.78, 5) is 29.4. The molecule has 2 atom stereocenters. The molecule has 5 rings (SSSR count). The lowest BCUT2D eigenvalue weighted by molar-refractivity contribution is -0.120. The van der Waals surface area contributed by atoms with Crippen LogP contribution >= 0.6 is 0 Å². The van der Waals surface area contributed by atoms with Crippen LogP contribution in [-0.2, 0) is 24.4 Å². The van der Waals surface area contributed by atoms with Gasteiger partial charge in [-0.15, -0.1) is 0 Å². The molecule has 164 valence electrons. The van der Waals surface area contributed by atoms with Crippen LogP contribution in [0.2, 0.25) is 0 Å². The summed E-state index contributed by atoms with van der Waals surface area (Å²) in [6, 6.07) is 11.0. The molecular weight excluding hydrogens is 395 g/mol. The van der Waals surface area contributed by atoms with Crippen LogP contribution in [0.4, 0.5) is 4.39 Å². The minimum absolute atomic E-state index is 0.0836. The summed E-state index contributed by atoms with van der Waals surface area (Å²) in [6.07, 6.45) is 1.59. The van der Waals surface area contributed by atoms with E-state index in [-0.39, 0.29) is 17.3 Å². The van der Waals surface area contributed by atoms with Crippen molar-refractivity contribution in [1.82, 2.24) is 19.7 Å². The Labute approximate surface area is 181 Å². The molecule has 0 aliphatic carbocycles. The molecular formula is C24H29FN4O2. The molecule has 7 heteroatoms. The molecule has 0 unspecified atom stereocenters. The number of amides is 1. The molecule has 6 nitrogen and oxygen atoms in total. The maximum atomic E-state index is 13.6. The largest absolute Gasteiger partial charge is 0.355 e. The first kappa shape index (κ1) is 20.4. The monoisotopic (exact) mass is 424 g/mol. The lowest BCUT2D eigenvalue weighted by Gasteiger charge is -2.43. The minimum Gasteiger partial charge on any atom is -0.355 e. The van der Waals surface area contributed by atoms with E-state index in [1.165, 1.54) is 6.07 Å². The molecule has 2 saturated heterocycles. The van der Waals surface area contributed by atoms with Crippen molar-refractivity contribution >= 4 is 5.91 Å². The molecule has 4 heterocycles. The zero-order chi connectivity index (χ0) is 21.4. The minimum atomic E-state index is -0.191. The number of likely N-dealkylation sites (tertiary alicyclic amines) is 1. The molecule has 0 radical (unpaired) electrons. The van der Waals surface area contributed by atoms with Gasteiger partial charge in [-0.2, -0.15) is 0 Å². The Morgan fingerprint density at radius 2 is 1.90 bits per heavy atom. The first-order valence-corrected chi connectivity index (χ1v) is 11.2. The van der Waals surface area contributed by atoms with Crippen molar-refractivity contribution in [3.63, 3.8) is 0 Å². The topological polar surface area (TPSA) is 57.6 Å². The molecule has 0 saturated carbocycles. The Morgan fingerprint density at radius 1 is 1.00 bits per heavy atom. The number of pyridine rings is 1. The highest BCUT2D eigenvalue weighted by atomic mass is 19.1. The summed E-state index contributed by atoms with van der Waals surface area (Å²) < 4.78 is 15.6. The summed E-state index contributed by atoms with van der Waals surface area (Å²) in [5.41, 5.74) is 3.06. The third-order valence-corrected chi connectivity index (χ3v) is 6.85. The van der Waals surface area contributed by atoms with Gasteiger partial charge < -0.3 is 9.88 Å². The number of aromatic nitrogens is 1. The van der Waals surface area contributed by atoms with E-state index in [4.69, 9.17) is 0 Å². The molecule has 1 N–H and O–H groups in total. The van der Waals surface area contributed by atoms with Gasteiger partial charge in [0.25, 0.3) is 5.56 Å². The number of fused-ring (bicyclic) bond motifs is 4. The van der Waals surface area contributed by atoms with Crippen LogP contribution < -0.4 is 10.9 Å². The second-order valence-electron chi connectivity index (χ2n) is 9.20. The number of rotatable bonds is 4. The normalized spacial score (nSPS) is 24.4. The van der Waals surface area contributed by atoms with Crippen LogP contribution in [0.1, 0.15) is 35.6 Å². The van der Waals surface area contributed by atoms with Gasteiger partial charge in [-0.1, -0.05) is 18.2 Å². The van der Waals surface area contributed by atoms with Crippen molar-refractivity contribution in [2.45, 2.75) is 38.4 Å². The smallest absolute Gasteiger partial charge is 0.255 e. The van der Waals surface area contributed by atoms with Gasteiger partial charge in [0.05, 0.1) is 0 Å². The molecule has 2 fully saturated rings. The van der Waals surface area contributed by atoms with Gasteiger partial charge in [0.1, 0.15) is 5.82 Å². The van der Waals surface area contributed by atoms with Crippen LogP contribution in [0.15, 0.2) is 41.2 Å². The van der Waals surface area contributed by atoms with Gasteiger partial charge in [0.2, 0.25) is 5.91 Å². The average molecular weight is 425 g/mol. The predicted octanol–water partition coefficient (Wildman–Crippen LogP) is 1.93. The second-order valence-corrected chi connectivity index (χ2v) is 9.20. The standard InChI is InChI=1S/C24H29FN4O2/c25-21-3-1-2-17(11-21)12-28-13-18-10-20(16-28)22-5-4-19(24(31)29(22)14-18)15-27-8-6-23(30)26-7-9-27/h1-5,11,18,20H,6-10,12-16H2,(H,26,30)/t18-,20+/m0/s1. The first-order chi connectivity index (χ1) is 15.0. The molecule has 3 aliphatic heterocycles. The number of nitrogens with zero attached hydrogens (tertiary/aromatic N) is 3. The zero-order valence-corrected chi connectivity index (χ0v) is 17.7. The quantitative estimate of drug-likeness (QED) is 0.815. The number of piperidine rings is 1. The van der Waals surface area contributed by atoms with E-state index in [2.05, 4.69) is 21.2 Å². The third-order valence-electron chi connectivity index (χ3n) is 6.85. The lowest BCUT2D eigenvalue weighted by Crippen LogP contribution is -2.47. The highest BCUT2D eigenvalue weighted by molar-refractivity contribution is 5.76. The van der Waals surface area contributed by atoms with E-state index in [9.17, 15) is 14.0 Å². The van der Waals surface area contributed by atoms with Crippen molar-refractivity contribution in [3.05, 3.63) is 69.4 Å². The summed E-state index contributed by atoms with van der Waals surface area (Å²) >= 11 is 0. The predicted molar refractivity (Wildman–Crippen MR) is 116 cm³/mol. The molecule has 1 amide bonds. The van der Waals surface area contributed by atoms with Crippen LogP contribution in [0, 0.1) is 11.7 Å². The summed E-state index contributed by atoms with van der Waals surface area (Å²) in [6.45, 7) is 6.01. The van der Waals surface area contributed by atoms with Crippen LogP contribution in [0.25, 0.3) is 0 Å². The summed E-state index contributed by atoms with van der Waals surface area (Å²) in [7, 11) is 0. The van der Waals surface area contributed by atoms with Crippen molar-refractivity contribution < 1.29 is 9.18 Å². The van der Waals surface area contributed by atoms with Gasteiger partial charge in [-0.05, 0) is 36.1 Å². The fraction of sp³-hybridized carbons (Fsp3) is 0.500. The average Bonchev–Trinajstić information content (AvgIpc) is 2.94. The Bertz CT molecular complexity index is 1040. The molecule has 2 aromatic rings. The summed E-state index contributed by atoms with van der Waals surface area (Å²) in [5, 5.41) is 2.89. The van der Waals surface area contributed by atoms with Crippen molar-refractivity contribution in [2.75, 3.05) is 32.7 Å². The number of hydrogen-bond donors (Lipinski definition) is 1. The number of hydrogen-bond acceptors (Lipinski definition) is 4. The Hall–Kier alpha value is -2.51. The molecule has 1 aromatic carbocycles. The van der Waals surface area contributed by atoms with E-state index in [1.54, 1.807) is 12.1 Å². The number of benzene rings is 1. The van der Waals surface area contributed by atoms with E-state index in [0.29, 0.717) is 37.9 Å². The SMILES string of the molecule is O=C1CCN(Cc2ccc3n(c2=O)C[C@H]2C[C@@H]3CN(Cc3cccc(F)c3)C2)CCN1. The third kappa shape index (κ3) is 4.43. The van der Waals surface area contributed by atoms with Gasteiger partial charge >= 0.3 is 0 Å². The number of nitrogens with one attached hydrogen (secondary N) is 1.